The van der Waals surface area contributed by atoms with Crippen LogP contribution in [0.25, 0.3) is 11.5 Å². The normalized spacial score (nSPS) is 19.8. The summed E-state index contributed by atoms with van der Waals surface area (Å²) in [6.45, 7) is 6.94. The molecular weight excluding hydrogens is 344 g/mol. The Balaban J connectivity index is 1.82. The molecule has 1 amide bonds. The van der Waals surface area contributed by atoms with E-state index in [1.54, 1.807) is 30.2 Å². The predicted molar refractivity (Wildman–Crippen MR) is 91.1 cm³/mol. The van der Waals surface area contributed by atoms with E-state index in [1.807, 2.05) is 13.8 Å². The number of sulfonamides is 1. The Morgan fingerprint density at radius 3 is 2.72 bits per heavy atom. The van der Waals surface area contributed by atoms with Gasteiger partial charge in [-0.15, -0.1) is 0 Å². The number of carbonyl (C=O) groups excluding carboxylic acids is 1. The van der Waals surface area contributed by atoms with Crippen LogP contribution < -0.4 is 0 Å². The average Bonchev–Trinajstić information content (AvgIpc) is 3.21. The van der Waals surface area contributed by atoms with Gasteiger partial charge in [0, 0.05) is 25.8 Å². The number of piperazine rings is 1. The molecule has 2 aromatic heterocycles. The Bertz CT molecular complexity index is 841. The van der Waals surface area contributed by atoms with E-state index < -0.39 is 16.1 Å². The molecule has 1 aliphatic heterocycles. The maximum absolute atomic E-state index is 12.9. The molecule has 25 heavy (non-hydrogen) atoms. The van der Waals surface area contributed by atoms with Gasteiger partial charge in [-0.3, -0.25) is 9.89 Å². The topological polar surface area (TPSA) is 99.5 Å². The third-order valence-corrected chi connectivity index (χ3v) is 6.03. The first-order valence-corrected chi connectivity index (χ1v) is 9.65. The molecule has 0 aromatic carbocycles. The van der Waals surface area contributed by atoms with Crippen molar-refractivity contribution in [2.24, 2.45) is 5.92 Å². The van der Waals surface area contributed by atoms with Crippen LogP contribution >= 0.6 is 0 Å². The molecule has 0 spiro atoms. The molecule has 1 atom stereocenters. The van der Waals surface area contributed by atoms with Crippen molar-refractivity contribution >= 4 is 15.9 Å². The number of furan rings is 1. The number of aromatic nitrogens is 2. The molecule has 0 radical (unpaired) electrons. The van der Waals surface area contributed by atoms with Gasteiger partial charge in [0.2, 0.25) is 11.0 Å². The summed E-state index contributed by atoms with van der Waals surface area (Å²) in [6, 6.07) is 3.91. The van der Waals surface area contributed by atoms with E-state index in [0.29, 0.717) is 30.5 Å². The second-order valence-electron chi connectivity index (χ2n) is 6.56. The molecule has 0 bridgehead atoms. The molecule has 1 fully saturated rings. The van der Waals surface area contributed by atoms with Gasteiger partial charge in [0.05, 0.1) is 0 Å². The zero-order valence-corrected chi connectivity index (χ0v) is 15.3. The van der Waals surface area contributed by atoms with Gasteiger partial charge in [0.25, 0.3) is 10.0 Å². The smallest absolute Gasteiger partial charge is 0.277 e. The Morgan fingerprint density at radius 1 is 1.32 bits per heavy atom. The van der Waals surface area contributed by atoms with Crippen molar-refractivity contribution in [3.05, 3.63) is 24.4 Å². The highest BCUT2D eigenvalue weighted by atomic mass is 32.2. The van der Waals surface area contributed by atoms with Gasteiger partial charge in [-0.25, -0.2) is 8.42 Å². The van der Waals surface area contributed by atoms with E-state index in [9.17, 15) is 13.2 Å². The number of carbonyl (C=O) groups is 1. The number of hydrogen-bond acceptors (Lipinski definition) is 5. The van der Waals surface area contributed by atoms with Crippen molar-refractivity contribution in [2.45, 2.75) is 31.9 Å². The van der Waals surface area contributed by atoms with E-state index in [0.717, 1.165) is 0 Å². The molecule has 0 aliphatic carbocycles. The standard InChI is InChI=1S/C16H22N4O4S/c1-11(2)10-19-8-9-20(12(3)16(19)21)25(22,23)15-5-4-14(24-15)13-6-7-17-18-13/h4-7,11-12H,8-10H2,1-3H3,(H,17,18)/t12-/m1/s1. The molecule has 0 unspecified atom stereocenters. The quantitative estimate of drug-likeness (QED) is 0.865. The first kappa shape index (κ1) is 17.7. The lowest BCUT2D eigenvalue weighted by Crippen LogP contribution is -2.57. The fourth-order valence-corrected chi connectivity index (χ4v) is 4.47. The zero-order valence-electron chi connectivity index (χ0n) is 14.5. The lowest BCUT2D eigenvalue weighted by atomic mass is 10.1. The minimum atomic E-state index is -3.88. The largest absolute Gasteiger partial charge is 0.442 e. The number of rotatable bonds is 5. The molecule has 8 nitrogen and oxygen atoms in total. The number of H-pyrrole nitrogens is 1. The maximum atomic E-state index is 12.9. The van der Waals surface area contributed by atoms with E-state index in [4.69, 9.17) is 4.42 Å². The van der Waals surface area contributed by atoms with Crippen LogP contribution in [0.4, 0.5) is 0 Å². The summed E-state index contributed by atoms with van der Waals surface area (Å²) < 4.78 is 32.5. The molecule has 3 rings (SSSR count). The van der Waals surface area contributed by atoms with Crippen LogP contribution in [0.5, 0.6) is 0 Å². The molecule has 1 saturated heterocycles. The fourth-order valence-electron chi connectivity index (χ4n) is 2.97. The lowest BCUT2D eigenvalue weighted by molar-refractivity contribution is -0.138. The SMILES string of the molecule is CC(C)CN1CCN(S(=O)(=O)c2ccc(-c3ccn[nH]3)o2)[C@H](C)C1=O. The zero-order chi connectivity index (χ0) is 18.2. The van der Waals surface area contributed by atoms with Crippen molar-refractivity contribution in [3.63, 3.8) is 0 Å². The fraction of sp³-hybridized carbons (Fsp3) is 0.500. The Labute approximate surface area is 146 Å². The average molecular weight is 366 g/mol. The molecule has 1 N–H and O–H groups in total. The summed E-state index contributed by atoms with van der Waals surface area (Å²) in [4.78, 5) is 14.2. The Kier molecular flexibility index (Phi) is 4.70. The first-order chi connectivity index (χ1) is 11.8. The van der Waals surface area contributed by atoms with Crippen molar-refractivity contribution in [1.82, 2.24) is 19.4 Å². The molecule has 0 saturated carbocycles. The van der Waals surface area contributed by atoms with Crippen LogP contribution in [0.15, 0.2) is 33.9 Å². The van der Waals surface area contributed by atoms with E-state index in [1.165, 1.54) is 10.4 Å². The van der Waals surface area contributed by atoms with Gasteiger partial charge in [-0.05, 0) is 31.0 Å². The highest BCUT2D eigenvalue weighted by Gasteiger charge is 2.40. The summed E-state index contributed by atoms with van der Waals surface area (Å²) in [5.74, 6) is 0.540. The van der Waals surface area contributed by atoms with E-state index >= 15 is 0 Å². The summed E-state index contributed by atoms with van der Waals surface area (Å²) >= 11 is 0. The molecule has 136 valence electrons. The minimum absolute atomic E-state index is 0.172. The summed E-state index contributed by atoms with van der Waals surface area (Å²) in [5.41, 5.74) is 0.590. The van der Waals surface area contributed by atoms with Crippen molar-refractivity contribution in [3.8, 4) is 11.5 Å². The van der Waals surface area contributed by atoms with Gasteiger partial charge >= 0.3 is 0 Å². The number of aromatic amines is 1. The van der Waals surface area contributed by atoms with Gasteiger partial charge in [-0.2, -0.15) is 9.40 Å². The van der Waals surface area contributed by atoms with Crippen LogP contribution in [0, 0.1) is 5.92 Å². The third kappa shape index (κ3) is 3.34. The highest BCUT2D eigenvalue weighted by molar-refractivity contribution is 7.89. The van der Waals surface area contributed by atoms with Crippen molar-refractivity contribution < 1.29 is 17.6 Å². The van der Waals surface area contributed by atoms with Crippen molar-refractivity contribution in [1.29, 1.82) is 0 Å². The number of amides is 1. The van der Waals surface area contributed by atoms with Crippen LogP contribution in [0.3, 0.4) is 0 Å². The van der Waals surface area contributed by atoms with E-state index in [-0.39, 0.29) is 17.5 Å². The predicted octanol–water partition coefficient (Wildman–Crippen LogP) is 1.55. The number of nitrogens with zero attached hydrogens (tertiary/aromatic N) is 3. The first-order valence-electron chi connectivity index (χ1n) is 8.21. The van der Waals surface area contributed by atoms with Gasteiger partial charge < -0.3 is 9.32 Å². The second kappa shape index (κ2) is 6.64. The highest BCUT2D eigenvalue weighted by Crippen LogP contribution is 2.27. The molecule has 9 heteroatoms. The Hall–Kier alpha value is -2.13. The Morgan fingerprint density at radius 2 is 2.08 bits per heavy atom. The summed E-state index contributed by atoms with van der Waals surface area (Å²) in [5, 5.41) is 6.37. The third-order valence-electron chi connectivity index (χ3n) is 4.19. The maximum Gasteiger partial charge on any atom is 0.277 e. The van der Waals surface area contributed by atoms with Crippen molar-refractivity contribution in [2.75, 3.05) is 19.6 Å². The van der Waals surface area contributed by atoms with Crippen LogP contribution in [-0.2, 0) is 14.8 Å². The monoisotopic (exact) mass is 366 g/mol. The molecular formula is C16H22N4O4S. The van der Waals surface area contributed by atoms with Crippen LogP contribution in [0.2, 0.25) is 0 Å². The van der Waals surface area contributed by atoms with Crippen LogP contribution in [0.1, 0.15) is 20.8 Å². The lowest BCUT2D eigenvalue weighted by Gasteiger charge is -2.38. The van der Waals surface area contributed by atoms with Crippen LogP contribution in [-0.4, -0.2) is 59.4 Å². The summed E-state index contributed by atoms with van der Waals surface area (Å²) in [7, 11) is -3.88. The molecule has 2 aromatic rings. The summed E-state index contributed by atoms with van der Waals surface area (Å²) in [6.07, 6.45) is 1.56. The minimum Gasteiger partial charge on any atom is -0.442 e. The molecule has 1 aliphatic rings. The van der Waals surface area contributed by atoms with Gasteiger partial charge in [0.1, 0.15) is 11.7 Å². The number of hydrogen-bond donors (Lipinski definition) is 1. The molecule has 3 heterocycles. The second-order valence-corrected chi connectivity index (χ2v) is 8.38. The van der Waals surface area contributed by atoms with Gasteiger partial charge in [0.15, 0.2) is 5.76 Å². The van der Waals surface area contributed by atoms with Gasteiger partial charge in [-0.1, -0.05) is 13.8 Å². The van der Waals surface area contributed by atoms with E-state index in [2.05, 4.69) is 10.2 Å². The number of nitrogens with one attached hydrogen (secondary N) is 1.